The molecular formula is C17H21N3O3. The van der Waals surface area contributed by atoms with Crippen molar-refractivity contribution in [3.63, 3.8) is 0 Å². The standard InChI is InChI=1S/C17H21N3O3/c1-12-5-4-6-13(9-12)18-19-16(21)10-20-14-7-2-3-8-15(14)23-11-17(20)22/h2-3,7-8,12H,4-6,9-11H2,1H3,(H,19,21)/b18-13-/t12-/m1/s1. The van der Waals surface area contributed by atoms with E-state index < -0.39 is 0 Å². The normalized spacial score (nSPS) is 22.5. The number of hydrazone groups is 1. The molecule has 1 aromatic rings. The van der Waals surface area contributed by atoms with Crippen LogP contribution in [0.3, 0.4) is 0 Å². The van der Waals surface area contributed by atoms with Gasteiger partial charge in [0.2, 0.25) is 0 Å². The number of ether oxygens (including phenoxy) is 1. The third-order valence-electron chi connectivity index (χ3n) is 4.20. The second kappa shape index (κ2) is 6.81. The van der Waals surface area contributed by atoms with Gasteiger partial charge in [0.25, 0.3) is 11.8 Å². The second-order valence-corrected chi connectivity index (χ2v) is 6.15. The maximum Gasteiger partial charge on any atom is 0.265 e. The molecule has 3 rings (SSSR count). The largest absolute Gasteiger partial charge is 0.482 e. The van der Waals surface area contributed by atoms with E-state index in [0.29, 0.717) is 17.4 Å². The summed E-state index contributed by atoms with van der Waals surface area (Å²) in [7, 11) is 0. The molecule has 0 unspecified atom stereocenters. The SMILES string of the molecule is C[C@@H]1CCC/C(=N/NC(=O)CN2C(=O)COc3ccccc32)C1. The molecular weight excluding hydrogens is 294 g/mol. The van der Waals surface area contributed by atoms with Gasteiger partial charge < -0.3 is 4.74 Å². The third kappa shape index (κ3) is 3.70. The van der Waals surface area contributed by atoms with E-state index in [4.69, 9.17) is 4.74 Å². The van der Waals surface area contributed by atoms with Gasteiger partial charge in [-0.2, -0.15) is 5.10 Å². The molecule has 2 aliphatic rings. The van der Waals surface area contributed by atoms with Crippen molar-refractivity contribution in [2.24, 2.45) is 11.0 Å². The molecule has 1 aliphatic carbocycles. The number of fused-ring (bicyclic) bond motifs is 1. The minimum absolute atomic E-state index is 0.0453. The van der Waals surface area contributed by atoms with Crippen LogP contribution in [0, 0.1) is 5.92 Å². The average Bonchev–Trinajstić information content (AvgIpc) is 2.56. The predicted molar refractivity (Wildman–Crippen MR) is 87.5 cm³/mol. The molecule has 1 heterocycles. The zero-order valence-electron chi connectivity index (χ0n) is 13.2. The van der Waals surface area contributed by atoms with Crippen molar-refractivity contribution in [3.8, 4) is 5.75 Å². The van der Waals surface area contributed by atoms with Crippen LogP contribution in [0.15, 0.2) is 29.4 Å². The predicted octanol–water partition coefficient (Wildman–Crippen LogP) is 2.09. The van der Waals surface area contributed by atoms with Gasteiger partial charge in [-0.05, 0) is 43.7 Å². The Kier molecular flexibility index (Phi) is 4.60. The summed E-state index contributed by atoms with van der Waals surface area (Å²) in [6, 6.07) is 7.21. The molecule has 1 atom stereocenters. The minimum Gasteiger partial charge on any atom is -0.482 e. The lowest BCUT2D eigenvalue weighted by Gasteiger charge is -2.28. The van der Waals surface area contributed by atoms with Crippen LogP contribution in [0.1, 0.15) is 32.6 Å². The Bertz CT molecular complexity index is 642. The van der Waals surface area contributed by atoms with Crippen LogP contribution in [0.5, 0.6) is 5.75 Å². The molecule has 6 nitrogen and oxygen atoms in total. The summed E-state index contributed by atoms with van der Waals surface area (Å²) in [5, 5.41) is 4.23. The van der Waals surface area contributed by atoms with Crippen molar-refractivity contribution in [2.45, 2.75) is 32.6 Å². The third-order valence-corrected chi connectivity index (χ3v) is 4.20. The number of benzene rings is 1. The van der Waals surface area contributed by atoms with E-state index in [1.165, 1.54) is 11.3 Å². The molecule has 0 saturated heterocycles. The summed E-state index contributed by atoms with van der Waals surface area (Å²) >= 11 is 0. The van der Waals surface area contributed by atoms with Crippen LogP contribution in [0.2, 0.25) is 0 Å². The van der Waals surface area contributed by atoms with Gasteiger partial charge in [0.05, 0.1) is 5.69 Å². The van der Waals surface area contributed by atoms with Crippen molar-refractivity contribution in [1.82, 2.24) is 5.43 Å². The van der Waals surface area contributed by atoms with E-state index in [9.17, 15) is 9.59 Å². The summed E-state index contributed by atoms with van der Waals surface area (Å²) in [6.07, 6.45) is 4.20. The Morgan fingerprint density at radius 3 is 3.09 bits per heavy atom. The van der Waals surface area contributed by atoms with Crippen LogP contribution in [-0.2, 0) is 9.59 Å². The maximum atomic E-state index is 12.1. The first-order valence-corrected chi connectivity index (χ1v) is 8.00. The van der Waals surface area contributed by atoms with Gasteiger partial charge in [0.15, 0.2) is 6.61 Å². The molecule has 23 heavy (non-hydrogen) atoms. The molecule has 0 aromatic heterocycles. The number of rotatable bonds is 3. The molecule has 6 heteroatoms. The summed E-state index contributed by atoms with van der Waals surface area (Å²) in [4.78, 5) is 25.6. The van der Waals surface area contributed by atoms with Crippen LogP contribution in [0.25, 0.3) is 0 Å². The summed E-state index contributed by atoms with van der Waals surface area (Å²) in [5.41, 5.74) is 4.24. The van der Waals surface area contributed by atoms with Gasteiger partial charge >= 0.3 is 0 Å². The van der Waals surface area contributed by atoms with E-state index in [-0.39, 0.29) is 25.0 Å². The highest BCUT2D eigenvalue weighted by Crippen LogP contribution is 2.31. The van der Waals surface area contributed by atoms with Crippen molar-refractivity contribution in [2.75, 3.05) is 18.1 Å². The molecule has 1 saturated carbocycles. The van der Waals surface area contributed by atoms with E-state index >= 15 is 0 Å². The van der Waals surface area contributed by atoms with Crippen molar-refractivity contribution >= 4 is 23.2 Å². The van der Waals surface area contributed by atoms with Crippen LogP contribution in [0.4, 0.5) is 5.69 Å². The Morgan fingerprint density at radius 2 is 2.26 bits per heavy atom. The Morgan fingerprint density at radius 1 is 1.43 bits per heavy atom. The number of nitrogens with one attached hydrogen (secondary N) is 1. The van der Waals surface area contributed by atoms with Crippen molar-refractivity contribution in [3.05, 3.63) is 24.3 Å². The summed E-state index contributed by atoms with van der Waals surface area (Å²) in [5.74, 6) is 0.720. The van der Waals surface area contributed by atoms with Crippen molar-refractivity contribution < 1.29 is 14.3 Å². The monoisotopic (exact) mass is 315 g/mol. The molecule has 0 spiro atoms. The smallest absolute Gasteiger partial charge is 0.265 e. The Balaban J connectivity index is 1.63. The number of carbonyl (C=O) groups is 2. The average molecular weight is 315 g/mol. The summed E-state index contributed by atoms with van der Waals surface area (Å²) in [6.45, 7) is 2.10. The first-order chi connectivity index (χ1) is 11.1. The molecule has 122 valence electrons. The lowest BCUT2D eigenvalue weighted by molar-refractivity contribution is -0.125. The highest BCUT2D eigenvalue weighted by Gasteiger charge is 2.27. The molecule has 1 fully saturated rings. The van der Waals surface area contributed by atoms with Gasteiger partial charge in [-0.15, -0.1) is 0 Å². The van der Waals surface area contributed by atoms with E-state index in [0.717, 1.165) is 25.0 Å². The van der Waals surface area contributed by atoms with E-state index in [1.807, 2.05) is 12.1 Å². The maximum absolute atomic E-state index is 12.1. The fourth-order valence-electron chi connectivity index (χ4n) is 3.01. The number of anilines is 1. The van der Waals surface area contributed by atoms with Crippen LogP contribution < -0.4 is 15.1 Å². The second-order valence-electron chi connectivity index (χ2n) is 6.15. The van der Waals surface area contributed by atoms with E-state index in [2.05, 4.69) is 17.5 Å². The Labute approximate surface area is 135 Å². The van der Waals surface area contributed by atoms with Gasteiger partial charge in [-0.25, -0.2) is 5.43 Å². The van der Waals surface area contributed by atoms with E-state index in [1.54, 1.807) is 12.1 Å². The zero-order chi connectivity index (χ0) is 16.2. The fourth-order valence-corrected chi connectivity index (χ4v) is 3.01. The zero-order valence-corrected chi connectivity index (χ0v) is 13.2. The van der Waals surface area contributed by atoms with Crippen molar-refractivity contribution in [1.29, 1.82) is 0 Å². The molecule has 1 aromatic carbocycles. The summed E-state index contributed by atoms with van der Waals surface area (Å²) < 4.78 is 5.36. The molecule has 1 aliphatic heterocycles. The lowest BCUT2D eigenvalue weighted by Crippen LogP contribution is -2.44. The molecule has 0 radical (unpaired) electrons. The van der Waals surface area contributed by atoms with Gasteiger partial charge in [-0.1, -0.05) is 19.1 Å². The molecule has 1 N–H and O–H groups in total. The number of nitrogens with zero attached hydrogens (tertiary/aromatic N) is 2. The highest BCUT2D eigenvalue weighted by atomic mass is 16.5. The topological polar surface area (TPSA) is 71.0 Å². The number of hydrogen-bond donors (Lipinski definition) is 1. The first kappa shape index (κ1) is 15.5. The number of amides is 2. The molecule has 0 bridgehead atoms. The minimum atomic E-state index is -0.291. The lowest BCUT2D eigenvalue weighted by atomic mass is 9.89. The Hall–Kier alpha value is -2.37. The number of para-hydroxylation sites is 2. The fraction of sp³-hybridized carbons (Fsp3) is 0.471. The van der Waals surface area contributed by atoms with Crippen LogP contribution in [-0.4, -0.2) is 30.7 Å². The first-order valence-electron chi connectivity index (χ1n) is 8.00. The van der Waals surface area contributed by atoms with Gasteiger partial charge in [-0.3, -0.25) is 14.5 Å². The number of carbonyl (C=O) groups excluding carboxylic acids is 2. The molecule has 2 amide bonds. The highest BCUT2D eigenvalue weighted by molar-refractivity contribution is 6.02. The van der Waals surface area contributed by atoms with Gasteiger partial charge in [0, 0.05) is 5.71 Å². The number of hydrogen-bond acceptors (Lipinski definition) is 4. The van der Waals surface area contributed by atoms with Gasteiger partial charge in [0.1, 0.15) is 12.3 Å². The van der Waals surface area contributed by atoms with Crippen LogP contribution >= 0.6 is 0 Å². The quantitative estimate of drug-likeness (QED) is 0.868.